The normalized spacial score (nSPS) is 12.2. The van der Waals surface area contributed by atoms with Crippen LogP contribution in [0.1, 0.15) is 13.3 Å². The number of aromatic nitrogens is 1. The maximum Gasteiger partial charge on any atom is 0.240 e. The molecular weight excluding hydrogens is 340 g/mol. The van der Waals surface area contributed by atoms with Gasteiger partial charge in [0.15, 0.2) is 5.69 Å². The average Bonchev–Trinajstić information content (AvgIpc) is 2.93. The van der Waals surface area contributed by atoms with Crippen LogP contribution in [-0.4, -0.2) is 25.1 Å². The fourth-order valence-corrected chi connectivity index (χ4v) is 3.49. The number of H-pyrrole nitrogens is 1. The summed E-state index contributed by atoms with van der Waals surface area (Å²) in [7, 11) is -3.61. The molecule has 2 aromatic carbocycles. The second-order valence-electron chi connectivity index (χ2n) is 5.46. The van der Waals surface area contributed by atoms with Crippen LogP contribution in [-0.2, 0) is 10.0 Å². The molecule has 0 saturated heterocycles. The van der Waals surface area contributed by atoms with Gasteiger partial charge in [-0.3, -0.25) is 0 Å². The highest BCUT2D eigenvalue weighted by Gasteiger charge is 2.17. The van der Waals surface area contributed by atoms with E-state index >= 15 is 0 Å². The predicted molar refractivity (Wildman–Crippen MR) is 96.1 cm³/mol. The van der Waals surface area contributed by atoms with Gasteiger partial charge in [-0.05, 0) is 36.8 Å². The molecule has 25 heavy (non-hydrogen) atoms. The van der Waals surface area contributed by atoms with Crippen molar-refractivity contribution in [3.63, 3.8) is 0 Å². The van der Waals surface area contributed by atoms with E-state index in [1.165, 1.54) is 12.1 Å². The summed E-state index contributed by atoms with van der Waals surface area (Å²) in [6, 6.07) is 13.6. The average molecular weight is 358 g/mol. The second-order valence-corrected chi connectivity index (χ2v) is 7.23. The maximum absolute atomic E-state index is 12.3. The van der Waals surface area contributed by atoms with Gasteiger partial charge in [-0.15, -0.1) is 5.11 Å². The summed E-state index contributed by atoms with van der Waals surface area (Å²) in [4.78, 5) is 2.89. The van der Waals surface area contributed by atoms with E-state index in [0.717, 1.165) is 0 Å². The molecule has 0 fully saturated rings. The van der Waals surface area contributed by atoms with Crippen LogP contribution in [0.15, 0.2) is 63.7 Å². The van der Waals surface area contributed by atoms with E-state index in [0.29, 0.717) is 29.6 Å². The zero-order valence-electron chi connectivity index (χ0n) is 13.6. The molecule has 0 spiro atoms. The van der Waals surface area contributed by atoms with E-state index in [2.05, 4.69) is 19.9 Å². The Morgan fingerprint density at radius 1 is 1.12 bits per heavy atom. The Morgan fingerprint density at radius 2 is 1.88 bits per heavy atom. The first kappa shape index (κ1) is 17.1. The van der Waals surface area contributed by atoms with E-state index < -0.39 is 10.0 Å². The molecule has 3 N–H and O–H groups in total. The lowest BCUT2D eigenvalue weighted by molar-refractivity contribution is 0.459. The van der Waals surface area contributed by atoms with Crippen LogP contribution in [0.4, 0.5) is 11.4 Å². The van der Waals surface area contributed by atoms with Gasteiger partial charge in [0.2, 0.25) is 15.9 Å². The van der Waals surface area contributed by atoms with Gasteiger partial charge < -0.3 is 10.1 Å². The molecule has 7 nitrogen and oxygen atoms in total. The van der Waals surface area contributed by atoms with Crippen molar-refractivity contribution in [2.75, 3.05) is 6.54 Å². The Morgan fingerprint density at radius 3 is 2.60 bits per heavy atom. The Hall–Kier alpha value is -2.71. The first-order valence-corrected chi connectivity index (χ1v) is 9.30. The number of sulfonamides is 1. The Kier molecular flexibility index (Phi) is 4.82. The number of nitrogens with zero attached hydrogens (tertiary/aromatic N) is 2. The standard InChI is InChI=1S/C17H18N4O3S/c1-2-10-18-25(23,24)13-8-9-15-14(11-13)16(17(22)19-15)21-20-12-6-4-3-5-7-12/h3-9,11,18-19,22H,2,10H2,1H3. The SMILES string of the molecule is CCCNS(=O)(=O)c1ccc2[nH]c(O)c(N=Nc3ccccc3)c2c1. The summed E-state index contributed by atoms with van der Waals surface area (Å²) in [5.41, 5.74) is 1.41. The molecule has 1 heterocycles. The lowest BCUT2D eigenvalue weighted by Gasteiger charge is -2.05. The lowest BCUT2D eigenvalue weighted by atomic mass is 10.2. The Bertz CT molecular complexity index is 1010. The first-order chi connectivity index (χ1) is 12.0. The summed E-state index contributed by atoms with van der Waals surface area (Å²) in [5, 5.41) is 18.7. The molecule has 0 atom stereocenters. The van der Waals surface area contributed by atoms with Crippen molar-refractivity contribution in [3.8, 4) is 5.88 Å². The number of hydrogen-bond donors (Lipinski definition) is 3. The van der Waals surface area contributed by atoms with Gasteiger partial charge >= 0.3 is 0 Å². The number of nitrogens with one attached hydrogen (secondary N) is 2. The molecule has 0 amide bonds. The van der Waals surface area contributed by atoms with E-state index in [1.54, 1.807) is 18.2 Å². The van der Waals surface area contributed by atoms with Crippen molar-refractivity contribution >= 4 is 32.3 Å². The van der Waals surface area contributed by atoms with Crippen LogP contribution in [0, 0.1) is 0 Å². The zero-order chi connectivity index (χ0) is 17.9. The van der Waals surface area contributed by atoms with E-state index in [4.69, 9.17) is 0 Å². The molecule has 0 aliphatic rings. The third-order valence-corrected chi connectivity index (χ3v) is 5.06. The number of hydrogen-bond acceptors (Lipinski definition) is 5. The quantitative estimate of drug-likeness (QED) is 0.580. The molecule has 0 aliphatic heterocycles. The van der Waals surface area contributed by atoms with Gasteiger partial charge in [0.25, 0.3) is 0 Å². The van der Waals surface area contributed by atoms with Crippen molar-refractivity contribution in [1.29, 1.82) is 0 Å². The molecule has 3 rings (SSSR count). The molecule has 0 unspecified atom stereocenters. The number of aromatic amines is 1. The van der Waals surface area contributed by atoms with Crippen LogP contribution in [0.3, 0.4) is 0 Å². The van der Waals surface area contributed by atoms with Gasteiger partial charge in [-0.1, -0.05) is 25.1 Å². The summed E-state index contributed by atoms with van der Waals surface area (Å²) in [5.74, 6) is -0.161. The fourth-order valence-electron chi connectivity index (χ4n) is 2.33. The molecule has 1 aromatic heterocycles. The molecular formula is C17H18N4O3S. The van der Waals surface area contributed by atoms with Gasteiger partial charge in [0.05, 0.1) is 16.1 Å². The highest BCUT2D eigenvalue weighted by atomic mass is 32.2. The van der Waals surface area contributed by atoms with Gasteiger partial charge in [0, 0.05) is 11.9 Å². The number of fused-ring (bicyclic) bond motifs is 1. The topological polar surface area (TPSA) is 107 Å². The summed E-state index contributed by atoms with van der Waals surface area (Å²) in [6.07, 6.45) is 0.697. The zero-order valence-corrected chi connectivity index (χ0v) is 14.4. The van der Waals surface area contributed by atoms with E-state index in [-0.39, 0.29) is 16.5 Å². The molecule has 0 radical (unpaired) electrons. The van der Waals surface area contributed by atoms with Crippen molar-refractivity contribution in [2.24, 2.45) is 10.2 Å². The largest absolute Gasteiger partial charge is 0.493 e. The highest BCUT2D eigenvalue weighted by Crippen LogP contribution is 2.37. The molecule has 0 saturated carbocycles. The minimum absolute atomic E-state index is 0.114. The van der Waals surface area contributed by atoms with Gasteiger partial charge in [-0.2, -0.15) is 5.11 Å². The van der Waals surface area contributed by atoms with Crippen LogP contribution in [0.5, 0.6) is 5.88 Å². The van der Waals surface area contributed by atoms with E-state index in [9.17, 15) is 13.5 Å². The third-order valence-electron chi connectivity index (χ3n) is 3.60. The van der Waals surface area contributed by atoms with Crippen LogP contribution in [0.25, 0.3) is 10.9 Å². The van der Waals surface area contributed by atoms with Crippen LogP contribution in [0.2, 0.25) is 0 Å². The van der Waals surface area contributed by atoms with Crippen LogP contribution >= 0.6 is 0 Å². The summed E-state index contributed by atoms with van der Waals surface area (Å²) >= 11 is 0. The number of rotatable bonds is 6. The first-order valence-electron chi connectivity index (χ1n) is 7.82. The minimum Gasteiger partial charge on any atom is -0.493 e. The van der Waals surface area contributed by atoms with Crippen LogP contribution < -0.4 is 4.72 Å². The monoisotopic (exact) mass is 358 g/mol. The molecule has 0 aliphatic carbocycles. The maximum atomic E-state index is 12.3. The van der Waals surface area contributed by atoms with Gasteiger partial charge in [0.1, 0.15) is 0 Å². The van der Waals surface area contributed by atoms with Crippen molar-refractivity contribution in [1.82, 2.24) is 9.71 Å². The van der Waals surface area contributed by atoms with Crippen molar-refractivity contribution < 1.29 is 13.5 Å². The van der Waals surface area contributed by atoms with Crippen molar-refractivity contribution in [2.45, 2.75) is 18.2 Å². The van der Waals surface area contributed by atoms with Crippen molar-refractivity contribution in [3.05, 3.63) is 48.5 Å². The molecule has 3 aromatic rings. The van der Waals surface area contributed by atoms with E-state index in [1.807, 2.05) is 25.1 Å². The van der Waals surface area contributed by atoms with Gasteiger partial charge in [-0.25, -0.2) is 13.1 Å². The summed E-state index contributed by atoms with van der Waals surface area (Å²) < 4.78 is 27.1. The Labute approximate surface area is 145 Å². The summed E-state index contributed by atoms with van der Waals surface area (Å²) in [6.45, 7) is 2.25. The number of aromatic hydroxyl groups is 1. The third kappa shape index (κ3) is 3.70. The number of azo groups is 1. The highest BCUT2D eigenvalue weighted by molar-refractivity contribution is 7.89. The predicted octanol–water partition coefficient (Wildman–Crippen LogP) is 3.98. The minimum atomic E-state index is -3.61. The molecule has 0 bridgehead atoms. The molecule has 8 heteroatoms. The smallest absolute Gasteiger partial charge is 0.240 e. The lowest BCUT2D eigenvalue weighted by Crippen LogP contribution is -2.24. The Balaban J connectivity index is 2.03. The second kappa shape index (κ2) is 7.04. The number of benzene rings is 2. The molecule has 130 valence electrons. The fraction of sp³-hybridized carbons (Fsp3) is 0.176.